The zero-order chi connectivity index (χ0) is 26.2. The molecule has 10 heteroatoms. The molecule has 0 radical (unpaired) electrons. The molecule has 0 spiro atoms. The van der Waals surface area contributed by atoms with Crippen molar-refractivity contribution in [3.63, 3.8) is 0 Å². The molecule has 36 heavy (non-hydrogen) atoms. The predicted octanol–water partition coefficient (Wildman–Crippen LogP) is 4.76. The standard InChI is InChI=1S/C26H25F3N2O5/c1-3-36-25(34)23-21(14-10-11-20(35-2)19(33)12-14)22-17(8-5-9-18(22)32)31(24(23)30)16-7-4-6-15(13-16)26(27,28)29/h4,6-7,10-13,21,33H,3,5,8-9,30H2,1-2H3/t21-/m1/s1. The first-order chi connectivity index (χ1) is 17.1. The summed E-state index contributed by atoms with van der Waals surface area (Å²) >= 11 is 0. The topological polar surface area (TPSA) is 102 Å². The number of hydrogen-bond acceptors (Lipinski definition) is 7. The van der Waals surface area contributed by atoms with Gasteiger partial charge in [0.1, 0.15) is 5.82 Å². The predicted molar refractivity (Wildman–Crippen MR) is 125 cm³/mol. The normalized spacial score (nSPS) is 18.3. The van der Waals surface area contributed by atoms with Crippen LogP contribution in [0.2, 0.25) is 0 Å². The maximum atomic E-state index is 13.5. The maximum absolute atomic E-state index is 13.5. The molecule has 2 aromatic carbocycles. The van der Waals surface area contributed by atoms with Gasteiger partial charge in [-0.3, -0.25) is 9.69 Å². The van der Waals surface area contributed by atoms with Crippen LogP contribution in [0.1, 0.15) is 43.2 Å². The lowest BCUT2D eigenvalue weighted by Gasteiger charge is -2.40. The van der Waals surface area contributed by atoms with Crippen LogP contribution in [0.4, 0.5) is 18.9 Å². The summed E-state index contributed by atoms with van der Waals surface area (Å²) < 4.78 is 50.8. The first kappa shape index (κ1) is 25.2. The highest BCUT2D eigenvalue weighted by atomic mass is 19.4. The third kappa shape index (κ3) is 4.38. The Kier molecular flexibility index (Phi) is 6.71. The number of ketones is 1. The van der Waals surface area contributed by atoms with Crippen LogP contribution >= 0.6 is 0 Å². The number of allylic oxidation sites excluding steroid dienone is 2. The van der Waals surface area contributed by atoms with Crippen molar-refractivity contribution in [2.24, 2.45) is 5.73 Å². The molecule has 0 bridgehead atoms. The number of nitrogens with two attached hydrogens (primary N) is 1. The van der Waals surface area contributed by atoms with E-state index in [1.807, 2.05) is 0 Å². The number of Topliss-reactive ketones (excluding diaryl/α,β-unsaturated/α-hetero) is 1. The molecule has 1 atom stereocenters. The lowest BCUT2D eigenvalue weighted by Crippen LogP contribution is -2.41. The van der Waals surface area contributed by atoms with E-state index < -0.39 is 23.6 Å². The highest BCUT2D eigenvalue weighted by molar-refractivity contribution is 6.05. The zero-order valence-corrected chi connectivity index (χ0v) is 19.7. The van der Waals surface area contributed by atoms with Crippen molar-refractivity contribution < 1.29 is 37.3 Å². The third-order valence-corrected chi connectivity index (χ3v) is 6.26. The minimum Gasteiger partial charge on any atom is -0.504 e. The van der Waals surface area contributed by atoms with Crippen molar-refractivity contribution in [3.05, 3.63) is 76.3 Å². The van der Waals surface area contributed by atoms with Crippen LogP contribution < -0.4 is 15.4 Å². The van der Waals surface area contributed by atoms with Crippen molar-refractivity contribution >= 4 is 17.4 Å². The van der Waals surface area contributed by atoms with Gasteiger partial charge in [-0.2, -0.15) is 13.2 Å². The van der Waals surface area contributed by atoms with E-state index in [1.54, 1.807) is 13.0 Å². The number of rotatable bonds is 5. The second-order valence-electron chi connectivity index (χ2n) is 8.40. The maximum Gasteiger partial charge on any atom is 0.416 e. The monoisotopic (exact) mass is 502 g/mol. The van der Waals surface area contributed by atoms with Crippen LogP contribution in [0, 0.1) is 0 Å². The number of hydrogen-bond donors (Lipinski definition) is 2. The molecule has 1 heterocycles. The van der Waals surface area contributed by atoms with Crippen LogP contribution in [0.25, 0.3) is 0 Å². The zero-order valence-electron chi connectivity index (χ0n) is 19.7. The lowest BCUT2D eigenvalue weighted by molar-refractivity contribution is -0.139. The Morgan fingerprint density at radius 1 is 1.19 bits per heavy atom. The van der Waals surface area contributed by atoms with E-state index in [1.165, 1.54) is 36.3 Å². The van der Waals surface area contributed by atoms with E-state index in [-0.39, 0.29) is 53.0 Å². The highest BCUT2D eigenvalue weighted by Gasteiger charge is 2.43. The van der Waals surface area contributed by atoms with Crippen LogP contribution in [-0.2, 0) is 20.5 Å². The minimum absolute atomic E-state index is 0.0135. The second kappa shape index (κ2) is 9.60. The van der Waals surface area contributed by atoms with Gasteiger partial charge in [0.15, 0.2) is 17.3 Å². The fraction of sp³-hybridized carbons (Fsp3) is 0.308. The summed E-state index contributed by atoms with van der Waals surface area (Å²) in [5.41, 5.74) is 6.64. The van der Waals surface area contributed by atoms with Gasteiger partial charge in [-0.05, 0) is 55.7 Å². The Bertz CT molecular complexity index is 1280. The van der Waals surface area contributed by atoms with Crippen LogP contribution in [0.15, 0.2) is 65.1 Å². The van der Waals surface area contributed by atoms with E-state index in [4.69, 9.17) is 15.2 Å². The molecular formula is C26H25F3N2O5. The summed E-state index contributed by atoms with van der Waals surface area (Å²) in [6, 6.07) is 9.02. The molecule has 0 saturated heterocycles. The molecule has 3 N–H and O–H groups in total. The minimum atomic E-state index is -4.60. The number of methoxy groups -OCH3 is 1. The number of ether oxygens (including phenoxy) is 2. The number of phenolic OH excluding ortho intramolecular Hbond substituents is 1. The summed E-state index contributed by atoms with van der Waals surface area (Å²) in [6.07, 6.45) is -3.58. The van der Waals surface area contributed by atoms with Crippen LogP contribution in [-0.4, -0.2) is 30.6 Å². The van der Waals surface area contributed by atoms with Crippen molar-refractivity contribution in [3.8, 4) is 11.5 Å². The summed E-state index contributed by atoms with van der Waals surface area (Å²) in [5.74, 6) is -2.20. The average molecular weight is 502 g/mol. The molecule has 190 valence electrons. The fourth-order valence-corrected chi connectivity index (χ4v) is 4.73. The average Bonchev–Trinajstić information content (AvgIpc) is 2.83. The Hall–Kier alpha value is -3.95. The van der Waals surface area contributed by atoms with Gasteiger partial charge in [0.05, 0.1) is 30.8 Å². The number of carbonyl (C=O) groups excluding carboxylic acids is 2. The number of esters is 1. The SMILES string of the molecule is CCOC(=O)C1=C(N)N(c2cccc(C(F)(F)F)c2)C2=C(C(=O)CCC2)[C@H]1c1ccc(OC)c(O)c1. The van der Waals surface area contributed by atoms with E-state index >= 15 is 0 Å². The highest BCUT2D eigenvalue weighted by Crippen LogP contribution is 2.48. The number of carbonyl (C=O) groups is 2. The summed E-state index contributed by atoms with van der Waals surface area (Å²) in [6.45, 7) is 1.62. The van der Waals surface area contributed by atoms with Gasteiger partial charge in [0.2, 0.25) is 0 Å². The van der Waals surface area contributed by atoms with Crippen LogP contribution in [0.3, 0.4) is 0 Å². The van der Waals surface area contributed by atoms with Gasteiger partial charge in [-0.25, -0.2) is 4.79 Å². The lowest BCUT2D eigenvalue weighted by atomic mass is 9.75. The van der Waals surface area contributed by atoms with E-state index in [2.05, 4.69) is 0 Å². The third-order valence-electron chi connectivity index (χ3n) is 6.26. The largest absolute Gasteiger partial charge is 0.504 e. The number of alkyl halides is 3. The van der Waals surface area contributed by atoms with Crippen molar-refractivity contribution in [2.75, 3.05) is 18.6 Å². The number of nitrogens with zero attached hydrogens (tertiary/aromatic N) is 1. The number of phenols is 1. The number of benzene rings is 2. The van der Waals surface area contributed by atoms with Gasteiger partial charge >= 0.3 is 12.1 Å². The van der Waals surface area contributed by atoms with Gasteiger partial charge in [0.25, 0.3) is 0 Å². The van der Waals surface area contributed by atoms with Gasteiger partial charge in [0, 0.05) is 23.4 Å². The quantitative estimate of drug-likeness (QED) is 0.568. The number of aromatic hydroxyl groups is 1. The van der Waals surface area contributed by atoms with E-state index in [0.717, 1.165) is 12.1 Å². The molecule has 0 saturated carbocycles. The number of anilines is 1. The number of halogens is 3. The molecule has 4 rings (SSSR count). The molecule has 0 amide bonds. The van der Waals surface area contributed by atoms with E-state index in [0.29, 0.717) is 24.1 Å². The molecule has 0 fully saturated rings. The van der Waals surface area contributed by atoms with Gasteiger partial charge in [-0.1, -0.05) is 12.1 Å². The van der Waals surface area contributed by atoms with Crippen molar-refractivity contribution in [2.45, 2.75) is 38.3 Å². The molecule has 2 aromatic rings. The Labute approximate surface area is 205 Å². The first-order valence-corrected chi connectivity index (χ1v) is 11.4. The van der Waals surface area contributed by atoms with E-state index in [9.17, 15) is 27.9 Å². The molecule has 7 nitrogen and oxygen atoms in total. The first-order valence-electron chi connectivity index (χ1n) is 11.4. The summed E-state index contributed by atoms with van der Waals surface area (Å²) in [7, 11) is 1.38. The molecule has 1 aliphatic carbocycles. The molecule has 2 aliphatic rings. The Balaban J connectivity index is 1.99. The van der Waals surface area contributed by atoms with Crippen molar-refractivity contribution in [1.29, 1.82) is 0 Å². The molecule has 0 aromatic heterocycles. The Morgan fingerprint density at radius 3 is 2.58 bits per heavy atom. The van der Waals surface area contributed by atoms with Crippen LogP contribution in [0.5, 0.6) is 11.5 Å². The molecule has 0 unspecified atom stereocenters. The molecule has 1 aliphatic heterocycles. The van der Waals surface area contributed by atoms with Crippen molar-refractivity contribution in [1.82, 2.24) is 0 Å². The second-order valence-corrected chi connectivity index (χ2v) is 8.40. The van der Waals surface area contributed by atoms with Gasteiger partial charge < -0.3 is 20.3 Å². The Morgan fingerprint density at radius 2 is 1.94 bits per heavy atom. The smallest absolute Gasteiger partial charge is 0.416 e. The summed E-state index contributed by atoms with van der Waals surface area (Å²) in [4.78, 5) is 27.8. The van der Waals surface area contributed by atoms with Gasteiger partial charge in [-0.15, -0.1) is 0 Å². The fourth-order valence-electron chi connectivity index (χ4n) is 4.73. The molecular weight excluding hydrogens is 477 g/mol. The summed E-state index contributed by atoms with van der Waals surface area (Å²) in [5, 5.41) is 10.4.